The fraction of sp³-hybridized carbons (Fsp3) is 0.412. The van der Waals surface area contributed by atoms with E-state index in [0.29, 0.717) is 22.6 Å². The summed E-state index contributed by atoms with van der Waals surface area (Å²) >= 11 is 6.17. The first-order valence-electron chi connectivity index (χ1n) is 7.31. The van der Waals surface area contributed by atoms with Crippen molar-refractivity contribution in [3.05, 3.63) is 34.5 Å². The minimum atomic E-state index is -0.324. The van der Waals surface area contributed by atoms with Gasteiger partial charge in [-0.1, -0.05) is 11.6 Å². The van der Waals surface area contributed by atoms with Gasteiger partial charge in [0, 0.05) is 16.9 Å². The van der Waals surface area contributed by atoms with E-state index in [-0.39, 0.29) is 29.7 Å². The largest absolute Gasteiger partial charge is 0.463 e. The second kappa shape index (κ2) is 5.43. The highest BCUT2D eigenvalue weighted by Gasteiger charge is 2.49. The lowest BCUT2D eigenvalue weighted by molar-refractivity contribution is -0.149. The SMILES string of the molecule is Cc1cc2cc(C(=O)C3CC3C(=O)OC(C)C)cc(Cl)c2o1. The number of carbonyl (C=O) groups is 2. The molecule has 1 aromatic heterocycles. The van der Waals surface area contributed by atoms with Gasteiger partial charge in [0.2, 0.25) is 0 Å². The highest BCUT2D eigenvalue weighted by molar-refractivity contribution is 6.35. The highest BCUT2D eigenvalue weighted by atomic mass is 35.5. The number of ether oxygens (including phenoxy) is 1. The molecule has 2 unspecified atom stereocenters. The minimum Gasteiger partial charge on any atom is -0.463 e. The maximum absolute atomic E-state index is 12.5. The molecule has 0 amide bonds. The summed E-state index contributed by atoms with van der Waals surface area (Å²) in [4.78, 5) is 24.3. The standard InChI is InChI=1S/C17H17ClO4/c1-8(2)21-17(20)13-7-12(13)15(19)10-5-11-4-9(3)22-16(11)14(18)6-10/h4-6,8,12-13H,7H2,1-3H3. The van der Waals surface area contributed by atoms with Crippen LogP contribution in [0.15, 0.2) is 22.6 Å². The van der Waals surface area contributed by atoms with Gasteiger partial charge >= 0.3 is 5.97 Å². The molecule has 0 radical (unpaired) electrons. The zero-order valence-corrected chi connectivity index (χ0v) is 13.4. The third-order valence-corrected chi connectivity index (χ3v) is 4.04. The molecule has 4 nitrogen and oxygen atoms in total. The van der Waals surface area contributed by atoms with Gasteiger partial charge < -0.3 is 9.15 Å². The van der Waals surface area contributed by atoms with Crippen LogP contribution in [0, 0.1) is 18.8 Å². The Morgan fingerprint density at radius 1 is 1.27 bits per heavy atom. The number of aryl methyl sites for hydroxylation is 1. The van der Waals surface area contributed by atoms with Gasteiger partial charge in [-0.05, 0) is 45.4 Å². The fourth-order valence-electron chi connectivity index (χ4n) is 2.66. The predicted molar refractivity (Wildman–Crippen MR) is 83.1 cm³/mol. The molecule has 2 atom stereocenters. The number of furan rings is 1. The average Bonchev–Trinajstić information content (AvgIpc) is 3.13. The Balaban J connectivity index is 1.80. The molecular weight excluding hydrogens is 304 g/mol. The van der Waals surface area contributed by atoms with Crippen LogP contribution in [-0.2, 0) is 9.53 Å². The van der Waals surface area contributed by atoms with Crippen LogP contribution >= 0.6 is 11.6 Å². The van der Waals surface area contributed by atoms with Crippen molar-refractivity contribution in [2.75, 3.05) is 0 Å². The zero-order valence-electron chi connectivity index (χ0n) is 12.7. The molecule has 1 aliphatic rings. The Hall–Kier alpha value is -1.81. The van der Waals surface area contributed by atoms with Crippen molar-refractivity contribution in [3.8, 4) is 0 Å². The molecule has 0 N–H and O–H groups in total. The lowest BCUT2D eigenvalue weighted by atomic mass is 10.0. The van der Waals surface area contributed by atoms with E-state index in [9.17, 15) is 9.59 Å². The lowest BCUT2D eigenvalue weighted by Crippen LogP contribution is -2.16. The van der Waals surface area contributed by atoms with Crippen LogP contribution in [0.1, 0.15) is 36.4 Å². The van der Waals surface area contributed by atoms with Crippen molar-refractivity contribution in [1.29, 1.82) is 0 Å². The first-order chi connectivity index (χ1) is 10.4. The topological polar surface area (TPSA) is 56.5 Å². The van der Waals surface area contributed by atoms with E-state index in [1.807, 2.05) is 13.0 Å². The molecule has 1 aromatic carbocycles. The highest BCUT2D eigenvalue weighted by Crippen LogP contribution is 2.43. The summed E-state index contributed by atoms with van der Waals surface area (Å²) in [5.74, 6) is -0.234. The summed E-state index contributed by atoms with van der Waals surface area (Å²) in [6, 6.07) is 5.22. The van der Waals surface area contributed by atoms with Crippen molar-refractivity contribution >= 4 is 34.3 Å². The Labute approximate surface area is 133 Å². The zero-order chi connectivity index (χ0) is 16.0. The number of rotatable bonds is 4. The van der Waals surface area contributed by atoms with Gasteiger partial charge in [0.15, 0.2) is 11.4 Å². The molecule has 0 saturated heterocycles. The van der Waals surface area contributed by atoms with Crippen LogP contribution in [0.5, 0.6) is 0 Å². The van der Waals surface area contributed by atoms with Crippen molar-refractivity contribution in [2.45, 2.75) is 33.3 Å². The number of hydrogen-bond acceptors (Lipinski definition) is 4. The number of esters is 1. The molecule has 0 bridgehead atoms. The maximum Gasteiger partial charge on any atom is 0.309 e. The van der Waals surface area contributed by atoms with Crippen LogP contribution in [0.4, 0.5) is 0 Å². The van der Waals surface area contributed by atoms with Gasteiger partial charge in [0.05, 0.1) is 17.0 Å². The number of Topliss-reactive ketones (excluding diaryl/α,β-unsaturated/α-hetero) is 1. The third kappa shape index (κ3) is 2.75. The van der Waals surface area contributed by atoms with E-state index in [0.717, 1.165) is 11.1 Å². The second-order valence-electron chi connectivity index (χ2n) is 6.03. The molecule has 1 aliphatic carbocycles. The summed E-state index contributed by atoms with van der Waals surface area (Å²) < 4.78 is 10.7. The smallest absolute Gasteiger partial charge is 0.309 e. The Kier molecular flexibility index (Phi) is 3.73. The minimum absolute atomic E-state index is 0.0617. The van der Waals surface area contributed by atoms with Crippen molar-refractivity contribution in [1.82, 2.24) is 0 Å². The van der Waals surface area contributed by atoms with Crippen LogP contribution in [0.3, 0.4) is 0 Å². The van der Waals surface area contributed by atoms with Crippen molar-refractivity contribution in [3.63, 3.8) is 0 Å². The van der Waals surface area contributed by atoms with E-state index in [1.165, 1.54) is 0 Å². The van der Waals surface area contributed by atoms with E-state index in [2.05, 4.69) is 0 Å². The van der Waals surface area contributed by atoms with E-state index in [1.54, 1.807) is 26.0 Å². The molecule has 3 rings (SSSR count). The average molecular weight is 321 g/mol. The molecule has 116 valence electrons. The summed E-state index contributed by atoms with van der Waals surface area (Å²) in [5, 5.41) is 1.21. The first-order valence-corrected chi connectivity index (χ1v) is 7.69. The second-order valence-corrected chi connectivity index (χ2v) is 6.44. The van der Waals surface area contributed by atoms with Gasteiger partial charge in [-0.25, -0.2) is 0 Å². The molecule has 0 aliphatic heterocycles. The number of ketones is 1. The van der Waals surface area contributed by atoms with Gasteiger partial charge in [-0.2, -0.15) is 0 Å². The van der Waals surface area contributed by atoms with Gasteiger partial charge in [0.25, 0.3) is 0 Å². The molecule has 1 saturated carbocycles. The molecular formula is C17H17ClO4. The van der Waals surface area contributed by atoms with E-state index in [4.69, 9.17) is 20.8 Å². The number of carbonyl (C=O) groups excluding carboxylic acids is 2. The Bertz CT molecular complexity index is 759. The van der Waals surface area contributed by atoms with Crippen LogP contribution in [-0.4, -0.2) is 17.9 Å². The summed E-state index contributed by atoms with van der Waals surface area (Å²) in [7, 11) is 0. The molecule has 22 heavy (non-hydrogen) atoms. The third-order valence-electron chi connectivity index (χ3n) is 3.76. The van der Waals surface area contributed by atoms with Gasteiger partial charge in [-0.15, -0.1) is 0 Å². The predicted octanol–water partition coefficient (Wildman–Crippen LogP) is 4.17. The molecule has 2 aromatic rings. The summed E-state index contributed by atoms with van der Waals surface area (Å²) in [6.45, 7) is 5.43. The number of halogens is 1. The Morgan fingerprint density at radius 2 is 2.00 bits per heavy atom. The molecule has 1 heterocycles. The number of hydrogen-bond donors (Lipinski definition) is 0. The fourth-order valence-corrected chi connectivity index (χ4v) is 2.93. The van der Waals surface area contributed by atoms with Gasteiger partial charge in [-0.3, -0.25) is 9.59 Å². The van der Waals surface area contributed by atoms with Crippen molar-refractivity contribution in [2.24, 2.45) is 11.8 Å². The normalized spacial score (nSPS) is 20.4. The summed E-state index contributed by atoms with van der Waals surface area (Å²) in [6.07, 6.45) is 0.383. The maximum atomic E-state index is 12.5. The first kappa shape index (κ1) is 15.1. The van der Waals surface area contributed by atoms with E-state index >= 15 is 0 Å². The van der Waals surface area contributed by atoms with Crippen LogP contribution < -0.4 is 0 Å². The molecule has 0 spiro atoms. The van der Waals surface area contributed by atoms with Gasteiger partial charge in [0.1, 0.15) is 5.76 Å². The summed E-state index contributed by atoms with van der Waals surface area (Å²) in [5.41, 5.74) is 1.10. The number of fused-ring (bicyclic) bond motifs is 1. The monoisotopic (exact) mass is 320 g/mol. The molecule has 5 heteroatoms. The lowest BCUT2D eigenvalue weighted by Gasteiger charge is -2.07. The Morgan fingerprint density at radius 3 is 2.68 bits per heavy atom. The van der Waals surface area contributed by atoms with E-state index < -0.39 is 0 Å². The quantitative estimate of drug-likeness (QED) is 0.627. The van der Waals surface area contributed by atoms with Crippen LogP contribution in [0.25, 0.3) is 11.0 Å². The molecule has 1 fully saturated rings. The number of benzene rings is 1. The van der Waals surface area contributed by atoms with Crippen molar-refractivity contribution < 1.29 is 18.7 Å². The van der Waals surface area contributed by atoms with Crippen LogP contribution in [0.2, 0.25) is 5.02 Å².